The van der Waals surface area contributed by atoms with Crippen LogP contribution in [0.1, 0.15) is 11.8 Å². The Morgan fingerprint density at radius 3 is 2.93 bits per heavy atom. The fourth-order valence-corrected chi connectivity index (χ4v) is 2.49. The summed E-state index contributed by atoms with van der Waals surface area (Å²) >= 11 is 7.33. The number of hydrogen-bond donors (Lipinski definition) is 1. The molecule has 1 saturated heterocycles. The largest absolute Gasteiger partial charge is 0.358 e. The molecule has 2 heterocycles. The summed E-state index contributed by atoms with van der Waals surface area (Å²) in [5.74, 6) is -0.0647. The topological polar surface area (TPSA) is 38.3 Å². The molecule has 76 valence electrons. The van der Waals surface area contributed by atoms with Gasteiger partial charge in [0.2, 0.25) is 5.91 Å². The molecule has 3 nitrogen and oxygen atoms in total. The summed E-state index contributed by atoms with van der Waals surface area (Å²) < 4.78 is 6.25. The maximum atomic E-state index is 10.9. The van der Waals surface area contributed by atoms with E-state index in [-0.39, 0.29) is 12.5 Å². The highest BCUT2D eigenvalue weighted by Gasteiger charge is 2.33. The Bertz CT molecular complexity index is 353. The molecule has 1 aliphatic rings. The Kier molecular flexibility index (Phi) is 2.51. The second-order valence-electron chi connectivity index (χ2n) is 3.40. The minimum absolute atomic E-state index is 0.0647. The van der Waals surface area contributed by atoms with E-state index in [0.29, 0.717) is 6.54 Å². The molecule has 5 heteroatoms. The molecule has 0 saturated carbocycles. The lowest BCUT2D eigenvalue weighted by Gasteiger charge is -2.32. The molecule has 1 atom stereocenters. The maximum absolute atomic E-state index is 10.9. The maximum Gasteiger partial charge on any atom is 0.246 e. The van der Waals surface area contributed by atoms with Gasteiger partial charge in [-0.25, -0.2) is 0 Å². The van der Waals surface area contributed by atoms with Gasteiger partial charge in [-0.3, -0.25) is 4.79 Å². The summed E-state index contributed by atoms with van der Waals surface area (Å²) in [6.45, 7) is 2.57. The standard InChI is InChI=1S/C9H10ClNO2S/c1-9(5-11-8(12)4-13-9)6-2-3-7(10)14-6/h2-3H,4-5H2,1H3,(H,11,12). The third kappa shape index (κ3) is 1.78. The third-order valence-corrected chi connectivity index (χ3v) is 3.72. The number of halogens is 1. The van der Waals surface area contributed by atoms with Crippen molar-refractivity contribution in [1.82, 2.24) is 5.32 Å². The van der Waals surface area contributed by atoms with Gasteiger partial charge in [0.25, 0.3) is 0 Å². The third-order valence-electron chi connectivity index (χ3n) is 2.24. The predicted octanol–water partition coefficient (Wildman–Crippen LogP) is 1.76. The van der Waals surface area contributed by atoms with Crippen molar-refractivity contribution in [2.75, 3.05) is 13.2 Å². The van der Waals surface area contributed by atoms with Crippen LogP contribution in [0.2, 0.25) is 4.34 Å². The molecule has 0 radical (unpaired) electrons. The Labute approximate surface area is 91.0 Å². The number of thiophene rings is 1. The highest BCUT2D eigenvalue weighted by Crippen LogP contribution is 2.34. The van der Waals surface area contributed by atoms with Crippen LogP contribution in [0.25, 0.3) is 0 Å². The highest BCUT2D eigenvalue weighted by molar-refractivity contribution is 7.16. The zero-order valence-corrected chi connectivity index (χ0v) is 9.24. The fraction of sp³-hybridized carbons (Fsp3) is 0.444. The number of carbonyl (C=O) groups is 1. The first-order chi connectivity index (χ1) is 6.60. The molecular weight excluding hydrogens is 222 g/mol. The van der Waals surface area contributed by atoms with Gasteiger partial charge in [-0.2, -0.15) is 0 Å². The normalized spacial score (nSPS) is 27.4. The molecule has 14 heavy (non-hydrogen) atoms. The van der Waals surface area contributed by atoms with Crippen molar-refractivity contribution in [2.24, 2.45) is 0 Å². The van der Waals surface area contributed by atoms with E-state index < -0.39 is 5.60 Å². The number of amides is 1. The lowest BCUT2D eigenvalue weighted by molar-refractivity contribution is -0.142. The highest BCUT2D eigenvalue weighted by atomic mass is 35.5. The SMILES string of the molecule is CC1(c2ccc(Cl)s2)CNC(=O)CO1. The van der Waals surface area contributed by atoms with Crippen molar-refractivity contribution in [3.63, 3.8) is 0 Å². The lowest BCUT2D eigenvalue weighted by atomic mass is 10.0. The average Bonchev–Trinajstić information content (AvgIpc) is 2.58. The molecule has 1 aromatic heterocycles. The van der Waals surface area contributed by atoms with E-state index in [2.05, 4.69) is 5.32 Å². The molecule has 1 fully saturated rings. The number of ether oxygens (including phenoxy) is 1. The van der Waals surface area contributed by atoms with Crippen LogP contribution in [-0.4, -0.2) is 19.1 Å². The van der Waals surface area contributed by atoms with Crippen LogP contribution < -0.4 is 5.32 Å². The van der Waals surface area contributed by atoms with Crippen LogP contribution in [0.3, 0.4) is 0 Å². The minimum Gasteiger partial charge on any atom is -0.358 e. The zero-order chi connectivity index (χ0) is 10.2. The first-order valence-electron chi connectivity index (χ1n) is 4.27. The van der Waals surface area contributed by atoms with Gasteiger partial charge in [0.15, 0.2) is 0 Å². The van der Waals surface area contributed by atoms with Gasteiger partial charge >= 0.3 is 0 Å². The Morgan fingerprint density at radius 1 is 1.64 bits per heavy atom. The van der Waals surface area contributed by atoms with E-state index in [1.165, 1.54) is 11.3 Å². The fourth-order valence-electron chi connectivity index (χ4n) is 1.35. The van der Waals surface area contributed by atoms with Gasteiger partial charge in [0.05, 0.1) is 10.9 Å². The monoisotopic (exact) mass is 231 g/mol. The quantitative estimate of drug-likeness (QED) is 0.800. The second-order valence-corrected chi connectivity index (χ2v) is 5.12. The van der Waals surface area contributed by atoms with E-state index in [1.54, 1.807) is 0 Å². The van der Waals surface area contributed by atoms with Gasteiger partial charge in [0, 0.05) is 4.88 Å². The summed E-state index contributed by atoms with van der Waals surface area (Å²) in [5.41, 5.74) is -0.425. The second kappa shape index (κ2) is 3.53. The smallest absolute Gasteiger partial charge is 0.246 e. The molecule has 1 aliphatic heterocycles. The number of rotatable bonds is 1. The zero-order valence-electron chi connectivity index (χ0n) is 7.67. The van der Waals surface area contributed by atoms with E-state index in [1.807, 2.05) is 19.1 Å². The first kappa shape index (κ1) is 9.96. The Hall–Kier alpha value is -0.580. The summed E-state index contributed by atoms with van der Waals surface area (Å²) in [4.78, 5) is 12.0. The number of carbonyl (C=O) groups excluding carboxylic acids is 1. The van der Waals surface area contributed by atoms with E-state index in [9.17, 15) is 4.79 Å². The van der Waals surface area contributed by atoms with Crippen LogP contribution >= 0.6 is 22.9 Å². The lowest BCUT2D eigenvalue weighted by Crippen LogP contribution is -2.48. The van der Waals surface area contributed by atoms with E-state index in [4.69, 9.17) is 16.3 Å². The van der Waals surface area contributed by atoms with Crippen molar-refractivity contribution in [2.45, 2.75) is 12.5 Å². The van der Waals surface area contributed by atoms with Crippen LogP contribution in [0.5, 0.6) is 0 Å². The number of nitrogens with one attached hydrogen (secondary N) is 1. The summed E-state index contributed by atoms with van der Waals surface area (Å²) in [6.07, 6.45) is 0. The van der Waals surface area contributed by atoms with Crippen LogP contribution in [0.15, 0.2) is 12.1 Å². The van der Waals surface area contributed by atoms with Crippen molar-refractivity contribution >= 4 is 28.8 Å². The van der Waals surface area contributed by atoms with Gasteiger partial charge in [0.1, 0.15) is 12.2 Å². The molecule has 1 N–H and O–H groups in total. The molecule has 0 spiro atoms. The molecule has 2 rings (SSSR count). The summed E-state index contributed by atoms with van der Waals surface area (Å²) in [5, 5.41) is 2.78. The van der Waals surface area contributed by atoms with Crippen molar-refractivity contribution in [3.05, 3.63) is 21.3 Å². The minimum atomic E-state index is -0.425. The molecule has 0 bridgehead atoms. The van der Waals surface area contributed by atoms with E-state index >= 15 is 0 Å². The Balaban J connectivity index is 2.20. The van der Waals surface area contributed by atoms with E-state index in [0.717, 1.165) is 9.21 Å². The molecule has 1 unspecified atom stereocenters. The molecule has 1 aromatic rings. The van der Waals surface area contributed by atoms with Crippen molar-refractivity contribution < 1.29 is 9.53 Å². The summed E-state index contributed by atoms with van der Waals surface area (Å²) in [7, 11) is 0. The number of morpholine rings is 1. The molecular formula is C9H10ClNO2S. The average molecular weight is 232 g/mol. The molecule has 0 aliphatic carbocycles. The van der Waals surface area contributed by atoms with Gasteiger partial charge < -0.3 is 10.1 Å². The first-order valence-corrected chi connectivity index (χ1v) is 5.46. The Morgan fingerprint density at radius 2 is 2.43 bits per heavy atom. The van der Waals surface area contributed by atoms with Gasteiger partial charge in [-0.15, -0.1) is 11.3 Å². The molecule has 1 amide bonds. The summed E-state index contributed by atoms with van der Waals surface area (Å²) in [6, 6.07) is 3.77. The van der Waals surface area contributed by atoms with Crippen molar-refractivity contribution in [3.8, 4) is 0 Å². The van der Waals surface area contributed by atoms with Gasteiger partial charge in [-0.1, -0.05) is 11.6 Å². The molecule has 0 aromatic carbocycles. The van der Waals surface area contributed by atoms with Crippen molar-refractivity contribution in [1.29, 1.82) is 0 Å². The predicted molar refractivity (Wildman–Crippen MR) is 55.6 cm³/mol. The van der Waals surface area contributed by atoms with Crippen LogP contribution in [0, 0.1) is 0 Å². The van der Waals surface area contributed by atoms with Crippen LogP contribution in [0.4, 0.5) is 0 Å². The van der Waals surface area contributed by atoms with Crippen LogP contribution in [-0.2, 0) is 15.1 Å². The van der Waals surface area contributed by atoms with Gasteiger partial charge in [-0.05, 0) is 19.1 Å². The number of hydrogen-bond acceptors (Lipinski definition) is 3.